The summed E-state index contributed by atoms with van der Waals surface area (Å²) < 4.78 is 5.24. The third-order valence-electron chi connectivity index (χ3n) is 2.72. The Labute approximate surface area is 115 Å². The van der Waals surface area contributed by atoms with Crippen molar-refractivity contribution < 1.29 is 9.53 Å². The van der Waals surface area contributed by atoms with E-state index in [0.717, 1.165) is 11.3 Å². The van der Waals surface area contributed by atoms with Crippen LogP contribution in [0.1, 0.15) is 21.5 Å². The van der Waals surface area contributed by atoms with Gasteiger partial charge < -0.3 is 4.74 Å². The minimum absolute atomic E-state index is 0.0282. The van der Waals surface area contributed by atoms with Gasteiger partial charge in [-0.1, -0.05) is 46.3 Å². The molecule has 0 fully saturated rings. The average molecular weight is 305 g/mol. The number of benzene rings is 2. The number of hydrogen-bond donors (Lipinski definition) is 0. The molecule has 0 radical (unpaired) electrons. The molecule has 0 aromatic heterocycles. The van der Waals surface area contributed by atoms with Crippen LogP contribution in [0.25, 0.3) is 0 Å². The van der Waals surface area contributed by atoms with E-state index in [9.17, 15) is 4.79 Å². The molecule has 0 spiro atoms. The molecule has 92 valence electrons. The standard InChI is InChI=1S/C15H13BrO2/c1-18-14-8-7-12(9-13(14)10-16)15(17)11-5-3-2-4-6-11/h2-9H,10H2,1H3. The molecule has 0 aliphatic heterocycles. The summed E-state index contributed by atoms with van der Waals surface area (Å²) in [6.07, 6.45) is 0. The smallest absolute Gasteiger partial charge is 0.193 e. The first-order valence-corrected chi connectivity index (χ1v) is 6.71. The van der Waals surface area contributed by atoms with Gasteiger partial charge in [-0.05, 0) is 18.2 Å². The summed E-state index contributed by atoms with van der Waals surface area (Å²) in [4.78, 5) is 12.3. The second-order valence-electron chi connectivity index (χ2n) is 3.86. The van der Waals surface area contributed by atoms with Crippen LogP contribution in [0.5, 0.6) is 5.75 Å². The molecule has 3 heteroatoms. The number of carbonyl (C=O) groups is 1. The zero-order valence-electron chi connectivity index (χ0n) is 10.0. The van der Waals surface area contributed by atoms with E-state index in [1.54, 1.807) is 13.2 Å². The van der Waals surface area contributed by atoms with Crippen molar-refractivity contribution in [2.75, 3.05) is 7.11 Å². The lowest BCUT2D eigenvalue weighted by Gasteiger charge is -2.08. The Morgan fingerprint density at radius 3 is 2.44 bits per heavy atom. The molecule has 0 heterocycles. The zero-order chi connectivity index (χ0) is 13.0. The Hall–Kier alpha value is -1.61. The van der Waals surface area contributed by atoms with E-state index in [4.69, 9.17) is 4.74 Å². The van der Waals surface area contributed by atoms with Gasteiger partial charge in [0.25, 0.3) is 0 Å². The molecular weight excluding hydrogens is 292 g/mol. The van der Waals surface area contributed by atoms with Crippen LogP contribution in [-0.4, -0.2) is 12.9 Å². The first-order valence-electron chi connectivity index (χ1n) is 5.59. The summed E-state index contributed by atoms with van der Waals surface area (Å²) in [6.45, 7) is 0. The van der Waals surface area contributed by atoms with Crippen molar-refractivity contribution >= 4 is 21.7 Å². The monoisotopic (exact) mass is 304 g/mol. The molecule has 0 aliphatic rings. The van der Waals surface area contributed by atoms with Crippen LogP contribution < -0.4 is 4.74 Å². The quantitative estimate of drug-likeness (QED) is 0.634. The van der Waals surface area contributed by atoms with Crippen molar-refractivity contribution in [1.82, 2.24) is 0 Å². The number of hydrogen-bond acceptors (Lipinski definition) is 2. The van der Waals surface area contributed by atoms with Gasteiger partial charge in [0.1, 0.15) is 5.75 Å². The molecule has 0 aliphatic carbocycles. The maximum Gasteiger partial charge on any atom is 0.193 e. The molecular formula is C15H13BrO2. The lowest BCUT2D eigenvalue weighted by molar-refractivity contribution is 0.103. The normalized spacial score (nSPS) is 10.1. The number of alkyl halides is 1. The van der Waals surface area contributed by atoms with Crippen molar-refractivity contribution in [3.05, 3.63) is 65.2 Å². The minimum atomic E-state index is 0.0282. The fraction of sp³-hybridized carbons (Fsp3) is 0.133. The van der Waals surface area contributed by atoms with Crippen LogP contribution in [0.15, 0.2) is 48.5 Å². The Balaban J connectivity index is 2.37. The summed E-state index contributed by atoms with van der Waals surface area (Å²) in [6, 6.07) is 14.7. The molecule has 0 N–H and O–H groups in total. The topological polar surface area (TPSA) is 26.3 Å². The SMILES string of the molecule is COc1ccc(C(=O)c2ccccc2)cc1CBr. The summed E-state index contributed by atoms with van der Waals surface area (Å²) in [7, 11) is 1.63. The van der Waals surface area contributed by atoms with E-state index in [2.05, 4.69) is 15.9 Å². The number of halogens is 1. The predicted molar refractivity (Wildman–Crippen MR) is 75.5 cm³/mol. The highest BCUT2D eigenvalue weighted by atomic mass is 79.9. The van der Waals surface area contributed by atoms with Crippen LogP contribution in [0.4, 0.5) is 0 Å². The molecule has 2 aromatic carbocycles. The number of rotatable bonds is 4. The van der Waals surface area contributed by atoms with Gasteiger partial charge in [-0.25, -0.2) is 0 Å². The highest BCUT2D eigenvalue weighted by Gasteiger charge is 2.11. The fourth-order valence-corrected chi connectivity index (χ4v) is 2.22. The molecule has 0 bridgehead atoms. The molecule has 2 nitrogen and oxygen atoms in total. The van der Waals surface area contributed by atoms with E-state index < -0.39 is 0 Å². The summed E-state index contributed by atoms with van der Waals surface area (Å²) >= 11 is 3.40. The van der Waals surface area contributed by atoms with Crippen LogP contribution in [0.3, 0.4) is 0 Å². The number of ether oxygens (including phenoxy) is 1. The van der Waals surface area contributed by atoms with Crippen molar-refractivity contribution in [3.8, 4) is 5.75 Å². The number of methoxy groups -OCH3 is 1. The second-order valence-corrected chi connectivity index (χ2v) is 4.42. The number of carbonyl (C=O) groups excluding carboxylic acids is 1. The first kappa shape index (κ1) is 12.8. The first-order chi connectivity index (χ1) is 8.76. The third-order valence-corrected chi connectivity index (χ3v) is 3.33. The average Bonchev–Trinajstić information content (AvgIpc) is 2.46. The van der Waals surface area contributed by atoms with Gasteiger partial charge in [0, 0.05) is 22.0 Å². The van der Waals surface area contributed by atoms with Crippen LogP contribution in [-0.2, 0) is 5.33 Å². The van der Waals surface area contributed by atoms with E-state index in [1.165, 1.54) is 0 Å². The second kappa shape index (κ2) is 5.83. The summed E-state index contributed by atoms with van der Waals surface area (Å²) in [5, 5.41) is 0.659. The van der Waals surface area contributed by atoms with Crippen LogP contribution in [0, 0.1) is 0 Å². The van der Waals surface area contributed by atoms with Crippen molar-refractivity contribution in [3.63, 3.8) is 0 Å². The van der Waals surface area contributed by atoms with Gasteiger partial charge in [0.2, 0.25) is 0 Å². The molecule has 0 unspecified atom stereocenters. The van der Waals surface area contributed by atoms with Crippen LogP contribution in [0.2, 0.25) is 0 Å². The van der Waals surface area contributed by atoms with E-state index in [-0.39, 0.29) is 5.78 Å². The largest absolute Gasteiger partial charge is 0.496 e. The highest BCUT2D eigenvalue weighted by molar-refractivity contribution is 9.08. The molecule has 2 aromatic rings. The van der Waals surface area contributed by atoms with Gasteiger partial charge in [-0.15, -0.1) is 0 Å². The Morgan fingerprint density at radius 2 is 1.83 bits per heavy atom. The van der Waals surface area contributed by atoms with Gasteiger partial charge in [-0.3, -0.25) is 4.79 Å². The molecule has 2 rings (SSSR count). The van der Waals surface area contributed by atoms with Gasteiger partial charge >= 0.3 is 0 Å². The van der Waals surface area contributed by atoms with Crippen molar-refractivity contribution in [2.24, 2.45) is 0 Å². The molecule has 18 heavy (non-hydrogen) atoms. The highest BCUT2D eigenvalue weighted by Crippen LogP contribution is 2.23. The fourth-order valence-electron chi connectivity index (χ4n) is 1.78. The summed E-state index contributed by atoms with van der Waals surface area (Å²) in [5.41, 5.74) is 2.35. The Bertz CT molecular complexity index is 550. The maximum absolute atomic E-state index is 12.3. The molecule has 0 saturated heterocycles. The van der Waals surface area contributed by atoms with Gasteiger partial charge in [0.15, 0.2) is 5.78 Å². The van der Waals surface area contributed by atoms with E-state index in [0.29, 0.717) is 16.5 Å². The van der Waals surface area contributed by atoms with Gasteiger partial charge in [0.05, 0.1) is 7.11 Å². The lowest BCUT2D eigenvalue weighted by Crippen LogP contribution is -2.02. The van der Waals surface area contributed by atoms with Crippen LogP contribution >= 0.6 is 15.9 Å². The predicted octanol–water partition coefficient (Wildman–Crippen LogP) is 3.82. The Kier molecular flexibility index (Phi) is 4.15. The lowest BCUT2D eigenvalue weighted by atomic mass is 10.0. The Morgan fingerprint density at radius 1 is 1.11 bits per heavy atom. The van der Waals surface area contributed by atoms with Gasteiger partial charge in [-0.2, -0.15) is 0 Å². The van der Waals surface area contributed by atoms with Crippen molar-refractivity contribution in [1.29, 1.82) is 0 Å². The zero-order valence-corrected chi connectivity index (χ0v) is 11.6. The number of ketones is 1. The minimum Gasteiger partial charge on any atom is -0.496 e. The maximum atomic E-state index is 12.3. The van der Waals surface area contributed by atoms with E-state index >= 15 is 0 Å². The molecule has 0 saturated carbocycles. The van der Waals surface area contributed by atoms with Crippen molar-refractivity contribution in [2.45, 2.75) is 5.33 Å². The molecule has 0 amide bonds. The third kappa shape index (κ3) is 2.62. The molecule has 0 atom stereocenters. The summed E-state index contributed by atoms with van der Waals surface area (Å²) in [5.74, 6) is 0.817. The van der Waals surface area contributed by atoms with E-state index in [1.807, 2.05) is 42.5 Å².